The van der Waals surface area contributed by atoms with Crippen molar-refractivity contribution in [2.24, 2.45) is 0 Å². The number of hydrogen-bond donors (Lipinski definition) is 2. The van der Waals surface area contributed by atoms with Gasteiger partial charge in [0.2, 0.25) is 0 Å². The van der Waals surface area contributed by atoms with Gasteiger partial charge in [0.05, 0.1) is 5.56 Å². The molecule has 0 aromatic heterocycles. The molecule has 1 rings (SSSR count). The molecule has 0 spiro atoms. The summed E-state index contributed by atoms with van der Waals surface area (Å²) in [7, 11) is 0. The van der Waals surface area contributed by atoms with Gasteiger partial charge in [0.25, 0.3) is 0 Å². The Bertz CT molecular complexity index is 312. The molecular formula is C8H7FO2S. The highest BCUT2D eigenvalue weighted by atomic mass is 32.1. The van der Waals surface area contributed by atoms with Gasteiger partial charge in [0, 0.05) is 5.75 Å². The summed E-state index contributed by atoms with van der Waals surface area (Å²) in [5.74, 6) is -1.34. The van der Waals surface area contributed by atoms with Crippen LogP contribution in [0.15, 0.2) is 18.2 Å². The smallest absolute Gasteiger partial charge is 0.335 e. The third kappa shape index (κ3) is 1.98. The van der Waals surface area contributed by atoms with E-state index in [1.807, 2.05) is 0 Å². The molecule has 0 atom stereocenters. The van der Waals surface area contributed by atoms with Gasteiger partial charge >= 0.3 is 5.97 Å². The average Bonchev–Trinajstić information content (AvgIpc) is 2.03. The Hall–Kier alpha value is -1.03. The van der Waals surface area contributed by atoms with Crippen molar-refractivity contribution < 1.29 is 14.3 Å². The van der Waals surface area contributed by atoms with Gasteiger partial charge in [0.15, 0.2) is 0 Å². The normalized spacial score (nSPS) is 9.83. The monoisotopic (exact) mass is 186 g/mol. The van der Waals surface area contributed by atoms with Crippen molar-refractivity contribution in [3.63, 3.8) is 0 Å². The van der Waals surface area contributed by atoms with Crippen molar-refractivity contribution >= 4 is 18.6 Å². The lowest BCUT2D eigenvalue weighted by atomic mass is 10.1. The van der Waals surface area contributed by atoms with E-state index in [0.717, 1.165) is 6.07 Å². The summed E-state index contributed by atoms with van der Waals surface area (Å²) < 4.78 is 12.7. The van der Waals surface area contributed by atoms with Crippen LogP contribution in [0, 0.1) is 5.82 Å². The van der Waals surface area contributed by atoms with Crippen LogP contribution in [0.4, 0.5) is 4.39 Å². The summed E-state index contributed by atoms with van der Waals surface area (Å²) in [4.78, 5) is 10.4. The predicted molar refractivity (Wildman–Crippen MR) is 46.0 cm³/mol. The molecule has 0 saturated heterocycles. The standard InChI is InChI=1S/C8H7FO2S/c9-7-2-5(4-12)1-6(3-7)8(10)11/h1-3,12H,4H2,(H,10,11). The molecule has 0 heterocycles. The van der Waals surface area contributed by atoms with Crippen molar-refractivity contribution in [1.29, 1.82) is 0 Å². The first kappa shape index (κ1) is 9.06. The van der Waals surface area contributed by atoms with E-state index >= 15 is 0 Å². The van der Waals surface area contributed by atoms with E-state index in [1.165, 1.54) is 12.1 Å². The minimum Gasteiger partial charge on any atom is -0.478 e. The number of benzene rings is 1. The quantitative estimate of drug-likeness (QED) is 0.693. The fourth-order valence-electron chi connectivity index (χ4n) is 0.865. The lowest BCUT2D eigenvalue weighted by molar-refractivity contribution is 0.0696. The van der Waals surface area contributed by atoms with E-state index in [1.54, 1.807) is 0 Å². The van der Waals surface area contributed by atoms with Crippen LogP contribution in [0.3, 0.4) is 0 Å². The first-order valence-electron chi connectivity index (χ1n) is 3.27. The maximum absolute atomic E-state index is 12.7. The second-order valence-electron chi connectivity index (χ2n) is 2.31. The molecule has 1 aromatic rings. The molecule has 0 bridgehead atoms. The highest BCUT2D eigenvalue weighted by molar-refractivity contribution is 7.79. The van der Waals surface area contributed by atoms with Crippen LogP contribution in [0.5, 0.6) is 0 Å². The predicted octanol–water partition coefficient (Wildman–Crippen LogP) is 1.95. The lowest BCUT2D eigenvalue weighted by Crippen LogP contribution is -1.98. The molecule has 0 aliphatic heterocycles. The average molecular weight is 186 g/mol. The van der Waals surface area contributed by atoms with Crippen LogP contribution in [0.1, 0.15) is 15.9 Å². The summed E-state index contributed by atoms with van der Waals surface area (Å²) in [6.45, 7) is 0. The Morgan fingerprint density at radius 2 is 2.17 bits per heavy atom. The number of hydrogen-bond acceptors (Lipinski definition) is 2. The van der Waals surface area contributed by atoms with Gasteiger partial charge in [-0.2, -0.15) is 12.6 Å². The van der Waals surface area contributed by atoms with E-state index in [9.17, 15) is 9.18 Å². The van der Waals surface area contributed by atoms with Crippen LogP contribution in [0.25, 0.3) is 0 Å². The topological polar surface area (TPSA) is 37.3 Å². The number of thiol groups is 1. The van der Waals surface area contributed by atoms with Crippen LogP contribution in [0.2, 0.25) is 0 Å². The van der Waals surface area contributed by atoms with Crippen molar-refractivity contribution in [1.82, 2.24) is 0 Å². The molecule has 0 saturated carbocycles. The fourth-order valence-corrected chi connectivity index (χ4v) is 1.05. The van der Waals surface area contributed by atoms with E-state index in [-0.39, 0.29) is 5.56 Å². The highest BCUT2D eigenvalue weighted by Crippen LogP contribution is 2.10. The minimum atomic E-state index is -1.13. The zero-order chi connectivity index (χ0) is 9.14. The maximum atomic E-state index is 12.7. The number of carboxylic acids is 1. The van der Waals surface area contributed by atoms with Crippen molar-refractivity contribution in [3.05, 3.63) is 35.1 Å². The molecule has 0 aliphatic rings. The Balaban J connectivity index is 3.15. The van der Waals surface area contributed by atoms with Crippen molar-refractivity contribution in [2.45, 2.75) is 5.75 Å². The van der Waals surface area contributed by atoms with Gasteiger partial charge < -0.3 is 5.11 Å². The second kappa shape index (κ2) is 3.58. The van der Waals surface area contributed by atoms with Crippen LogP contribution in [-0.4, -0.2) is 11.1 Å². The Kier molecular flexibility index (Phi) is 2.70. The SMILES string of the molecule is O=C(O)c1cc(F)cc(CS)c1. The molecule has 0 unspecified atom stereocenters. The van der Waals surface area contributed by atoms with Gasteiger partial charge in [-0.05, 0) is 23.8 Å². The Labute approximate surface area is 74.4 Å². The minimum absolute atomic E-state index is 0.0425. The van der Waals surface area contributed by atoms with E-state index in [4.69, 9.17) is 5.11 Å². The number of carboxylic acid groups (broad SMARTS) is 1. The molecule has 2 nitrogen and oxygen atoms in total. The van der Waals surface area contributed by atoms with Gasteiger partial charge in [-0.3, -0.25) is 0 Å². The van der Waals surface area contributed by atoms with E-state index in [0.29, 0.717) is 11.3 Å². The number of aromatic carboxylic acids is 1. The van der Waals surface area contributed by atoms with Crippen molar-refractivity contribution in [3.8, 4) is 0 Å². The zero-order valence-corrected chi connectivity index (χ0v) is 7.01. The molecule has 1 N–H and O–H groups in total. The Morgan fingerprint density at radius 3 is 2.67 bits per heavy atom. The number of rotatable bonds is 2. The van der Waals surface area contributed by atoms with E-state index in [2.05, 4.69) is 12.6 Å². The molecule has 12 heavy (non-hydrogen) atoms. The summed E-state index contributed by atoms with van der Waals surface area (Å²) in [5.41, 5.74) is 0.523. The first-order chi connectivity index (χ1) is 5.63. The second-order valence-corrected chi connectivity index (χ2v) is 2.63. The van der Waals surface area contributed by atoms with Gasteiger partial charge in [-0.15, -0.1) is 0 Å². The van der Waals surface area contributed by atoms with Crippen LogP contribution < -0.4 is 0 Å². The summed E-state index contributed by atoms with van der Waals surface area (Å²) in [5, 5.41) is 8.54. The summed E-state index contributed by atoms with van der Waals surface area (Å²) in [6.07, 6.45) is 0. The zero-order valence-electron chi connectivity index (χ0n) is 6.12. The largest absolute Gasteiger partial charge is 0.478 e. The van der Waals surface area contributed by atoms with Gasteiger partial charge in [-0.1, -0.05) is 0 Å². The molecule has 0 radical (unpaired) electrons. The molecule has 0 fully saturated rings. The van der Waals surface area contributed by atoms with Crippen molar-refractivity contribution in [2.75, 3.05) is 0 Å². The molecule has 0 aliphatic carbocycles. The molecular weight excluding hydrogens is 179 g/mol. The third-order valence-corrected chi connectivity index (χ3v) is 1.75. The third-order valence-electron chi connectivity index (χ3n) is 1.39. The molecule has 1 aromatic carbocycles. The highest BCUT2D eigenvalue weighted by Gasteiger charge is 2.05. The fraction of sp³-hybridized carbons (Fsp3) is 0.125. The molecule has 64 valence electrons. The van der Waals surface area contributed by atoms with Crippen LogP contribution in [-0.2, 0) is 5.75 Å². The number of halogens is 1. The lowest BCUT2D eigenvalue weighted by Gasteiger charge is -1.98. The van der Waals surface area contributed by atoms with Gasteiger partial charge in [-0.25, -0.2) is 9.18 Å². The maximum Gasteiger partial charge on any atom is 0.335 e. The molecule has 4 heteroatoms. The number of carbonyl (C=O) groups is 1. The Morgan fingerprint density at radius 1 is 1.50 bits per heavy atom. The van der Waals surface area contributed by atoms with E-state index < -0.39 is 11.8 Å². The first-order valence-corrected chi connectivity index (χ1v) is 3.90. The summed E-state index contributed by atoms with van der Waals surface area (Å²) >= 11 is 3.91. The van der Waals surface area contributed by atoms with Crippen LogP contribution >= 0.6 is 12.6 Å². The molecule has 0 amide bonds. The summed E-state index contributed by atoms with van der Waals surface area (Å²) in [6, 6.07) is 3.65. The van der Waals surface area contributed by atoms with Gasteiger partial charge in [0.1, 0.15) is 5.82 Å².